The molecule has 0 unspecified atom stereocenters. The van der Waals surface area contributed by atoms with E-state index in [0.29, 0.717) is 22.9 Å². The van der Waals surface area contributed by atoms with Gasteiger partial charge in [-0.3, -0.25) is 0 Å². The van der Waals surface area contributed by atoms with Gasteiger partial charge in [0, 0.05) is 37.9 Å². The van der Waals surface area contributed by atoms with Crippen LogP contribution >= 0.6 is 0 Å². The van der Waals surface area contributed by atoms with Gasteiger partial charge in [-0.2, -0.15) is 0 Å². The SMILES string of the molecule is CC(C)(C)OC(=O)NCC#Cc1nccc(N2CC3=C(C2)CN(c2cc(-c4ccccc4O)nnc2N)C3)n1. The van der Waals surface area contributed by atoms with Gasteiger partial charge in [-0.05, 0) is 62.1 Å². The number of alkyl carbamates (subject to hydrolysis) is 1. The fourth-order valence-electron chi connectivity index (χ4n) is 4.52. The molecule has 2 aliphatic rings. The van der Waals surface area contributed by atoms with E-state index < -0.39 is 11.7 Å². The number of para-hydroxylation sites is 1. The van der Waals surface area contributed by atoms with Crippen molar-refractivity contribution in [3.8, 4) is 28.8 Å². The van der Waals surface area contributed by atoms with Crippen LogP contribution < -0.4 is 20.9 Å². The second kappa shape index (κ2) is 10.5. The predicted molar refractivity (Wildman–Crippen MR) is 148 cm³/mol. The highest BCUT2D eigenvalue weighted by Crippen LogP contribution is 2.36. The number of ether oxygens (including phenoxy) is 1. The van der Waals surface area contributed by atoms with Crippen LogP contribution in [0.15, 0.2) is 53.7 Å². The number of nitrogens with zero attached hydrogens (tertiary/aromatic N) is 6. The van der Waals surface area contributed by atoms with Crippen LogP contribution in [0.25, 0.3) is 11.3 Å². The lowest BCUT2D eigenvalue weighted by Crippen LogP contribution is -2.32. The van der Waals surface area contributed by atoms with E-state index in [2.05, 4.69) is 47.1 Å². The summed E-state index contributed by atoms with van der Waals surface area (Å²) in [5.74, 6) is 7.45. The summed E-state index contributed by atoms with van der Waals surface area (Å²) in [5, 5.41) is 21.2. The highest BCUT2D eigenvalue weighted by molar-refractivity contribution is 5.75. The Kier molecular flexibility index (Phi) is 6.94. The van der Waals surface area contributed by atoms with E-state index in [4.69, 9.17) is 10.5 Å². The Balaban J connectivity index is 1.20. The van der Waals surface area contributed by atoms with Crippen LogP contribution in [0.4, 0.5) is 22.1 Å². The molecule has 5 rings (SSSR count). The topological polar surface area (TPSA) is 143 Å². The zero-order chi connectivity index (χ0) is 27.6. The van der Waals surface area contributed by atoms with Gasteiger partial charge in [0.15, 0.2) is 5.82 Å². The summed E-state index contributed by atoms with van der Waals surface area (Å²) in [6, 6.07) is 10.8. The molecule has 0 saturated carbocycles. The van der Waals surface area contributed by atoms with Gasteiger partial charge in [0.2, 0.25) is 5.82 Å². The first-order valence-electron chi connectivity index (χ1n) is 12.6. The number of rotatable bonds is 4. The largest absolute Gasteiger partial charge is 0.507 e. The van der Waals surface area contributed by atoms with Crippen molar-refractivity contribution in [1.82, 2.24) is 25.5 Å². The monoisotopic (exact) mass is 526 g/mol. The number of carbonyl (C=O) groups excluding carboxylic acids is 1. The summed E-state index contributed by atoms with van der Waals surface area (Å²) in [6.07, 6.45) is 1.17. The molecular weight excluding hydrogens is 496 g/mol. The maximum atomic E-state index is 11.8. The number of phenolic OH excluding ortho intramolecular Hbond substituents is 1. The van der Waals surface area contributed by atoms with E-state index in [9.17, 15) is 9.90 Å². The number of amides is 1. The van der Waals surface area contributed by atoms with Crippen molar-refractivity contribution in [1.29, 1.82) is 0 Å². The first-order chi connectivity index (χ1) is 18.7. The van der Waals surface area contributed by atoms with E-state index in [0.717, 1.165) is 37.7 Å². The average Bonchev–Trinajstić information content (AvgIpc) is 3.46. The summed E-state index contributed by atoms with van der Waals surface area (Å²) in [5.41, 5.74) is 10.2. The minimum atomic E-state index is -0.563. The molecule has 200 valence electrons. The van der Waals surface area contributed by atoms with Crippen molar-refractivity contribution in [2.75, 3.05) is 48.3 Å². The molecule has 2 aromatic heterocycles. The number of aromatic hydroxyl groups is 1. The zero-order valence-corrected chi connectivity index (χ0v) is 22.1. The maximum absolute atomic E-state index is 11.8. The summed E-state index contributed by atoms with van der Waals surface area (Å²) in [4.78, 5) is 25.0. The van der Waals surface area contributed by atoms with E-state index in [-0.39, 0.29) is 12.3 Å². The predicted octanol–water partition coefficient (Wildman–Crippen LogP) is 2.73. The number of hydrogen-bond acceptors (Lipinski definition) is 10. The number of nitrogens with two attached hydrogens (primary N) is 1. The zero-order valence-electron chi connectivity index (χ0n) is 22.1. The number of nitrogen functional groups attached to an aromatic ring is 1. The van der Waals surface area contributed by atoms with Crippen LogP contribution in [0.3, 0.4) is 0 Å². The summed E-state index contributed by atoms with van der Waals surface area (Å²) in [7, 11) is 0. The Labute approximate surface area is 226 Å². The molecule has 11 nitrogen and oxygen atoms in total. The second-order valence-corrected chi connectivity index (χ2v) is 10.3. The Bertz CT molecular complexity index is 1480. The highest BCUT2D eigenvalue weighted by Gasteiger charge is 2.32. The molecule has 2 aliphatic heterocycles. The lowest BCUT2D eigenvalue weighted by Gasteiger charge is -2.25. The van der Waals surface area contributed by atoms with Gasteiger partial charge in [0.25, 0.3) is 0 Å². The molecule has 39 heavy (non-hydrogen) atoms. The van der Waals surface area contributed by atoms with E-state index in [1.54, 1.807) is 45.2 Å². The van der Waals surface area contributed by atoms with Crippen molar-refractivity contribution in [2.45, 2.75) is 26.4 Å². The van der Waals surface area contributed by atoms with E-state index >= 15 is 0 Å². The van der Waals surface area contributed by atoms with E-state index in [1.165, 1.54) is 11.1 Å². The van der Waals surface area contributed by atoms with Crippen molar-refractivity contribution < 1.29 is 14.6 Å². The van der Waals surface area contributed by atoms with Crippen LogP contribution in [0.2, 0.25) is 0 Å². The van der Waals surface area contributed by atoms with Gasteiger partial charge in [-0.1, -0.05) is 18.1 Å². The van der Waals surface area contributed by atoms with E-state index in [1.807, 2.05) is 18.2 Å². The fourth-order valence-corrected chi connectivity index (χ4v) is 4.52. The van der Waals surface area contributed by atoms with Crippen LogP contribution in [-0.4, -0.2) is 69.7 Å². The third-order valence-electron chi connectivity index (χ3n) is 6.23. The van der Waals surface area contributed by atoms with Gasteiger partial charge in [0.05, 0.1) is 17.9 Å². The molecule has 1 aromatic carbocycles. The second-order valence-electron chi connectivity index (χ2n) is 10.3. The Hall–Kier alpha value is -4.85. The third kappa shape index (κ3) is 6.01. The van der Waals surface area contributed by atoms with Crippen molar-refractivity contribution in [2.24, 2.45) is 0 Å². The number of aromatic nitrogens is 4. The first kappa shape index (κ1) is 25.8. The molecule has 4 heterocycles. The normalized spacial score (nSPS) is 14.6. The van der Waals surface area contributed by atoms with Gasteiger partial charge >= 0.3 is 6.09 Å². The molecule has 0 aliphatic carbocycles. The summed E-state index contributed by atoms with van der Waals surface area (Å²) >= 11 is 0. The fraction of sp³-hybridized carbons (Fsp3) is 0.321. The molecular formula is C28H30N8O3. The lowest BCUT2D eigenvalue weighted by atomic mass is 10.1. The number of anilines is 3. The van der Waals surface area contributed by atoms with Crippen LogP contribution in [0.1, 0.15) is 26.6 Å². The molecule has 0 atom stereocenters. The third-order valence-corrected chi connectivity index (χ3v) is 6.23. The minimum absolute atomic E-state index is 0.135. The molecule has 0 fully saturated rings. The lowest BCUT2D eigenvalue weighted by molar-refractivity contribution is 0.0535. The molecule has 0 spiro atoms. The van der Waals surface area contributed by atoms with Crippen molar-refractivity contribution in [3.63, 3.8) is 0 Å². The van der Waals surface area contributed by atoms with Gasteiger partial charge in [-0.25, -0.2) is 14.8 Å². The first-order valence-corrected chi connectivity index (χ1v) is 12.6. The number of hydrogen-bond donors (Lipinski definition) is 3. The Morgan fingerprint density at radius 2 is 1.82 bits per heavy atom. The van der Waals surface area contributed by atoms with Crippen molar-refractivity contribution in [3.05, 3.63) is 59.6 Å². The highest BCUT2D eigenvalue weighted by atomic mass is 16.6. The maximum Gasteiger partial charge on any atom is 0.408 e. The molecule has 0 radical (unpaired) electrons. The average molecular weight is 527 g/mol. The molecule has 0 bridgehead atoms. The molecule has 1 amide bonds. The molecule has 0 saturated heterocycles. The molecule has 3 aromatic rings. The summed E-state index contributed by atoms with van der Waals surface area (Å²) in [6.45, 7) is 8.46. The van der Waals surface area contributed by atoms with Crippen LogP contribution in [0, 0.1) is 11.8 Å². The minimum Gasteiger partial charge on any atom is -0.507 e. The van der Waals surface area contributed by atoms with Crippen molar-refractivity contribution >= 4 is 23.4 Å². The smallest absolute Gasteiger partial charge is 0.408 e. The standard InChI is InChI=1S/C28H30N8O3/c1-28(2,3)39-27(38)31-11-6-9-24-30-12-10-25(32-24)36-16-18-14-35(15-19(18)17-36)22-13-21(33-34-26(22)29)20-7-4-5-8-23(20)37/h4-5,7-8,10,12-13,37H,11,14-17H2,1-3H3,(H2,29,34)(H,31,38). The van der Waals surface area contributed by atoms with Gasteiger partial charge in [0.1, 0.15) is 17.2 Å². The number of phenols is 1. The number of nitrogens with one attached hydrogen (secondary N) is 1. The van der Waals surface area contributed by atoms with Crippen LogP contribution in [-0.2, 0) is 4.74 Å². The van der Waals surface area contributed by atoms with Gasteiger partial charge in [-0.15, -0.1) is 10.2 Å². The van der Waals surface area contributed by atoms with Gasteiger partial charge < -0.3 is 30.7 Å². The Morgan fingerprint density at radius 1 is 1.10 bits per heavy atom. The number of carbonyl (C=O) groups is 1. The number of benzene rings is 1. The molecule has 4 N–H and O–H groups in total. The van der Waals surface area contributed by atoms with Crippen LogP contribution in [0.5, 0.6) is 5.75 Å². The summed E-state index contributed by atoms with van der Waals surface area (Å²) < 4.78 is 5.20. The molecule has 11 heteroatoms. The Morgan fingerprint density at radius 3 is 2.54 bits per heavy atom. The quantitative estimate of drug-likeness (QED) is 0.343.